The van der Waals surface area contributed by atoms with Crippen LogP contribution in [-0.2, 0) is 4.79 Å². The van der Waals surface area contributed by atoms with Crippen molar-refractivity contribution < 1.29 is 4.79 Å². The normalized spacial score (nSPS) is 10.0. The van der Waals surface area contributed by atoms with Gasteiger partial charge in [-0.2, -0.15) is 0 Å². The Labute approximate surface area is 133 Å². The van der Waals surface area contributed by atoms with Crippen molar-refractivity contribution in [2.75, 3.05) is 0 Å². The predicted octanol–water partition coefficient (Wildman–Crippen LogP) is 5.54. The summed E-state index contributed by atoms with van der Waals surface area (Å²) in [7, 11) is 0. The van der Waals surface area contributed by atoms with Crippen molar-refractivity contribution in [1.29, 1.82) is 0 Å². The molecule has 0 aromatic heterocycles. The molecule has 0 spiro atoms. The van der Waals surface area contributed by atoms with Crippen LogP contribution in [0.1, 0.15) is 38.8 Å². The molecule has 1 heteroatoms. The van der Waals surface area contributed by atoms with E-state index >= 15 is 0 Å². The van der Waals surface area contributed by atoms with Crippen LogP contribution < -0.4 is 0 Å². The lowest BCUT2D eigenvalue weighted by Crippen LogP contribution is -2.08. The van der Waals surface area contributed by atoms with Gasteiger partial charge >= 0.3 is 0 Å². The van der Waals surface area contributed by atoms with Crippen LogP contribution in [-0.4, -0.2) is 5.78 Å². The smallest absolute Gasteiger partial charge is 0.194 e. The zero-order valence-corrected chi connectivity index (χ0v) is 13.7. The summed E-state index contributed by atoms with van der Waals surface area (Å²) in [5.74, 6) is 0.0948. The molecule has 0 bridgehead atoms. The van der Waals surface area contributed by atoms with E-state index in [-0.39, 0.29) is 5.78 Å². The third kappa shape index (κ3) is 3.43. The molecule has 0 aliphatic rings. The fraction of sp³-hybridized carbons (Fsp3) is 0.190. The molecule has 112 valence electrons. The number of hydrogen-bond acceptors (Lipinski definition) is 1. The highest BCUT2D eigenvalue weighted by Gasteiger charge is 2.20. The first-order valence-electron chi connectivity index (χ1n) is 7.53. The van der Waals surface area contributed by atoms with Gasteiger partial charge in [-0.05, 0) is 38.8 Å². The van der Waals surface area contributed by atoms with Crippen LogP contribution in [0.4, 0.5) is 0 Å². The first-order chi connectivity index (χ1) is 10.5. The molecule has 0 atom stereocenters. The highest BCUT2D eigenvalue weighted by Crippen LogP contribution is 2.29. The van der Waals surface area contributed by atoms with Crippen LogP contribution in [0.5, 0.6) is 0 Å². The van der Waals surface area contributed by atoms with E-state index in [9.17, 15) is 4.79 Å². The predicted molar refractivity (Wildman–Crippen MR) is 94.4 cm³/mol. The standard InChI is InChI=1S/C21H22O/c1-15(2)19(17-11-7-5-8-12-17)21(22)20(16(3)4)18-13-9-6-10-14-18/h5-14H,1-4H3. The molecule has 0 heterocycles. The number of allylic oxidation sites excluding steroid dienone is 4. The Morgan fingerprint density at radius 1 is 0.591 bits per heavy atom. The Bertz CT molecular complexity index is 648. The maximum Gasteiger partial charge on any atom is 0.194 e. The summed E-state index contributed by atoms with van der Waals surface area (Å²) in [5, 5.41) is 0. The molecule has 0 saturated carbocycles. The molecule has 1 nitrogen and oxygen atoms in total. The topological polar surface area (TPSA) is 17.1 Å². The quantitative estimate of drug-likeness (QED) is 0.675. The van der Waals surface area contributed by atoms with Crippen LogP contribution in [0.15, 0.2) is 71.8 Å². The Kier molecular flexibility index (Phi) is 5.11. The highest BCUT2D eigenvalue weighted by molar-refractivity contribution is 6.43. The molecule has 0 aliphatic heterocycles. The van der Waals surface area contributed by atoms with E-state index in [1.165, 1.54) is 0 Å². The number of hydrogen-bond donors (Lipinski definition) is 0. The second-order valence-electron chi connectivity index (χ2n) is 5.81. The Morgan fingerprint density at radius 3 is 1.18 bits per heavy atom. The van der Waals surface area contributed by atoms with Gasteiger partial charge in [0.2, 0.25) is 0 Å². The van der Waals surface area contributed by atoms with Gasteiger partial charge in [0.05, 0.1) is 0 Å². The monoisotopic (exact) mass is 290 g/mol. The van der Waals surface area contributed by atoms with E-state index < -0.39 is 0 Å². The minimum absolute atomic E-state index is 0.0948. The maximum absolute atomic E-state index is 13.2. The molecule has 0 aliphatic carbocycles. The third-order valence-corrected chi connectivity index (χ3v) is 3.58. The van der Waals surface area contributed by atoms with Crippen molar-refractivity contribution >= 4 is 16.9 Å². The summed E-state index contributed by atoms with van der Waals surface area (Å²) in [5.41, 5.74) is 5.60. The molecule has 2 aromatic rings. The van der Waals surface area contributed by atoms with E-state index in [1.54, 1.807) is 0 Å². The van der Waals surface area contributed by atoms with Gasteiger partial charge in [-0.15, -0.1) is 0 Å². The molecule has 0 saturated heterocycles. The number of benzene rings is 2. The number of ketones is 1. The van der Waals surface area contributed by atoms with Crippen LogP contribution in [0, 0.1) is 0 Å². The third-order valence-electron chi connectivity index (χ3n) is 3.58. The summed E-state index contributed by atoms with van der Waals surface area (Å²) in [6, 6.07) is 19.8. The zero-order chi connectivity index (χ0) is 16.1. The van der Waals surface area contributed by atoms with Crippen molar-refractivity contribution in [3.05, 3.63) is 82.9 Å². The molecule has 0 radical (unpaired) electrons. The average Bonchev–Trinajstić information content (AvgIpc) is 2.49. The second-order valence-corrected chi connectivity index (χ2v) is 5.81. The van der Waals surface area contributed by atoms with Gasteiger partial charge in [-0.1, -0.05) is 71.8 Å². The molecular formula is C21H22O. The first-order valence-corrected chi connectivity index (χ1v) is 7.53. The van der Waals surface area contributed by atoms with Gasteiger partial charge in [0.25, 0.3) is 0 Å². The molecule has 2 rings (SSSR count). The minimum Gasteiger partial charge on any atom is -0.289 e. The highest BCUT2D eigenvalue weighted by atomic mass is 16.1. The SMILES string of the molecule is CC(C)=C(C(=O)C(=C(C)C)c1ccccc1)c1ccccc1. The fourth-order valence-corrected chi connectivity index (χ4v) is 2.63. The van der Waals surface area contributed by atoms with Crippen molar-refractivity contribution in [3.63, 3.8) is 0 Å². The van der Waals surface area contributed by atoms with Crippen LogP contribution in [0.2, 0.25) is 0 Å². The molecule has 0 N–H and O–H groups in total. The van der Waals surface area contributed by atoms with Crippen LogP contribution in [0.25, 0.3) is 11.1 Å². The molecule has 0 unspecified atom stereocenters. The first kappa shape index (κ1) is 16.0. The lowest BCUT2D eigenvalue weighted by molar-refractivity contribution is -0.108. The fourth-order valence-electron chi connectivity index (χ4n) is 2.63. The molecule has 22 heavy (non-hydrogen) atoms. The van der Waals surface area contributed by atoms with Gasteiger partial charge in [-0.3, -0.25) is 4.79 Å². The summed E-state index contributed by atoms with van der Waals surface area (Å²) in [6.07, 6.45) is 0. The summed E-state index contributed by atoms with van der Waals surface area (Å²) in [6.45, 7) is 7.98. The van der Waals surface area contributed by atoms with Crippen molar-refractivity contribution in [1.82, 2.24) is 0 Å². The average molecular weight is 290 g/mol. The van der Waals surface area contributed by atoms with E-state index in [1.807, 2.05) is 88.4 Å². The van der Waals surface area contributed by atoms with Crippen molar-refractivity contribution in [2.45, 2.75) is 27.7 Å². The van der Waals surface area contributed by atoms with Gasteiger partial charge in [0.1, 0.15) is 0 Å². The molecular weight excluding hydrogens is 268 g/mol. The van der Waals surface area contributed by atoms with E-state index in [2.05, 4.69) is 0 Å². The Hall–Kier alpha value is -2.41. The van der Waals surface area contributed by atoms with Gasteiger partial charge < -0.3 is 0 Å². The van der Waals surface area contributed by atoms with Crippen LogP contribution >= 0.6 is 0 Å². The Balaban J connectivity index is 2.57. The molecule has 0 fully saturated rings. The van der Waals surface area contributed by atoms with Crippen molar-refractivity contribution in [2.24, 2.45) is 0 Å². The zero-order valence-electron chi connectivity index (χ0n) is 13.7. The summed E-state index contributed by atoms with van der Waals surface area (Å²) < 4.78 is 0. The van der Waals surface area contributed by atoms with Gasteiger partial charge in [0.15, 0.2) is 5.78 Å². The van der Waals surface area contributed by atoms with Crippen molar-refractivity contribution in [3.8, 4) is 0 Å². The summed E-state index contributed by atoms with van der Waals surface area (Å²) in [4.78, 5) is 13.2. The largest absolute Gasteiger partial charge is 0.289 e. The Morgan fingerprint density at radius 2 is 0.909 bits per heavy atom. The number of Topliss-reactive ketones (excluding diaryl/α,β-unsaturated/α-hetero) is 1. The second kappa shape index (κ2) is 7.04. The minimum atomic E-state index is 0.0948. The van der Waals surface area contributed by atoms with E-state index in [0.717, 1.165) is 33.4 Å². The lowest BCUT2D eigenvalue weighted by atomic mass is 9.88. The van der Waals surface area contributed by atoms with E-state index in [0.29, 0.717) is 0 Å². The van der Waals surface area contributed by atoms with E-state index in [4.69, 9.17) is 0 Å². The number of rotatable bonds is 4. The van der Waals surface area contributed by atoms with Crippen LogP contribution in [0.3, 0.4) is 0 Å². The van der Waals surface area contributed by atoms with Gasteiger partial charge in [-0.25, -0.2) is 0 Å². The summed E-state index contributed by atoms with van der Waals surface area (Å²) >= 11 is 0. The van der Waals surface area contributed by atoms with Gasteiger partial charge in [0, 0.05) is 11.1 Å². The lowest BCUT2D eigenvalue weighted by Gasteiger charge is -2.14. The number of carbonyl (C=O) groups is 1. The number of carbonyl (C=O) groups excluding carboxylic acids is 1. The molecule has 2 aromatic carbocycles. The molecule has 0 amide bonds. The maximum atomic E-state index is 13.2.